The Balaban J connectivity index is 1.61. The van der Waals surface area contributed by atoms with Gasteiger partial charge in [-0.25, -0.2) is 13.4 Å². The highest BCUT2D eigenvalue weighted by atomic mass is 32.2. The summed E-state index contributed by atoms with van der Waals surface area (Å²) in [5.74, 6) is -0.857. The maximum absolute atomic E-state index is 12.3. The van der Waals surface area contributed by atoms with Gasteiger partial charge in [0, 0.05) is 17.3 Å². The van der Waals surface area contributed by atoms with Crippen LogP contribution in [0.25, 0.3) is 0 Å². The Morgan fingerprint density at radius 2 is 2.07 bits per heavy atom. The minimum absolute atomic E-state index is 0.0302. The first-order chi connectivity index (χ1) is 13.7. The van der Waals surface area contributed by atoms with E-state index in [0.717, 1.165) is 17.5 Å². The fraction of sp³-hybridized carbons (Fsp3) is 0.188. The maximum Gasteiger partial charge on any atom is 0.306 e. The summed E-state index contributed by atoms with van der Waals surface area (Å²) in [6.07, 6.45) is 3.85. The van der Waals surface area contributed by atoms with Crippen molar-refractivity contribution in [2.45, 2.75) is 18.4 Å². The Morgan fingerprint density at radius 1 is 1.34 bits per heavy atom. The van der Waals surface area contributed by atoms with Crippen molar-refractivity contribution < 1.29 is 18.1 Å². The van der Waals surface area contributed by atoms with E-state index in [2.05, 4.69) is 20.1 Å². The number of hydrogen-bond acceptors (Lipinski definition) is 8. The number of benzene rings is 1. The van der Waals surface area contributed by atoms with Crippen molar-refractivity contribution in [3.05, 3.63) is 58.4 Å². The van der Waals surface area contributed by atoms with E-state index in [0.29, 0.717) is 5.69 Å². The van der Waals surface area contributed by atoms with Gasteiger partial charge in [0.2, 0.25) is 5.91 Å². The quantitative estimate of drug-likeness (QED) is 0.406. The predicted octanol–water partition coefficient (Wildman–Crippen LogP) is 2.32. The van der Waals surface area contributed by atoms with E-state index in [1.807, 2.05) is 0 Å². The van der Waals surface area contributed by atoms with Crippen molar-refractivity contribution in [2.24, 2.45) is 5.92 Å². The van der Waals surface area contributed by atoms with Gasteiger partial charge in [0.05, 0.1) is 22.3 Å². The Bertz CT molecular complexity index is 1110. The summed E-state index contributed by atoms with van der Waals surface area (Å²) in [5, 5.41) is 19.1. The number of nitrogens with one attached hydrogen (secondary N) is 2. The van der Waals surface area contributed by atoms with Gasteiger partial charge in [-0.1, -0.05) is 6.92 Å². The predicted molar refractivity (Wildman–Crippen MR) is 106 cm³/mol. The number of nitrogens with zero attached hydrogens (tertiary/aromatic N) is 4. The number of sulfonamides is 1. The third kappa shape index (κ3) is 5.14. The number of aromatic nitrogens is 3. The van der Waals surface area contributed by atoms with E-state index >= 15 is 0 Å². The Morgan fingerprint density at radius 3 is 2.66 bits per heavy atom. The molecule has 1 atom stereocenters. The molecule has 0 bridgehead atoms. The fourth-order valence-electron chi connectivity index (χ4n) is 2.34. The minimum atomic E-state index is -3.77. The first-order valence-corrected chi connectivity index (χ1v) is 10.6. The number of thiazole rings is 1. The maximum atomic E-state index is 12.3. The molecule has 0 aliphatic rings. The summed E-state index contributed by atoms with van der Waals surface area (Å²) in [6, 6.07) is 5.68. The van der Waals surface area contributed by atoms with E-state index in [-0.39, 0.29) is 28.2 Å². The highest BCUT2D eigenvalue weighted by molar-refractivity contribution is 7.93. The van der Waals surface area contributed by atoms with Crippen molar-refractivity contribution in [1.29, 1.82) is 0 Å². The van der Waals surface area contributed by atoms with Crippen LogP contribution in [0.15, 0.2) is 53.1 Å². The largest absolute Gasteiger partial charge is 0.326 e. The average Bonchev–Trinajstić information content (AvgIpc) is 3.34. The number of nitro groups is 1. The van der Waals surface area contributed by atoms with E-state index in [1.54, 1.807) is 12.3 Å². The first kappa shape index (κ1) is 20.4. The topological polar surface area (TPSA) is 149 Å². The molecule has 0 aliphatic carbocycles. The van der Waals surface area contributed by atoms with E-state index < -0.39 is 20.9 Å². The van der Waals surface area contributed by atoms with Crippen molar-refractivity contribution in [3.63, 3.8) is 0 Å². The Kier molecular flexibility index (Phi) is 5.89. The van der Waals surface area contributed by atoms with Gasteiger partial charge < -0.3 is 5.32 Å². The summed E-state index contributed by atoms with van der Waals surface area (Å²) >= 11 is 1.16. The lowest BCUT2D eigenvalue weighted by Gasteiger charge is -2.12. The molecule has 1 unspecified atom stereocenters. The third-order valence-corrected chi connectivity index (χ3v) is 6.00. The van der Waals surface area contributed by atoms with Crippen LogP contribution >= 0.6 is 11.3 Å². The smallest absolute Gasteiger partial charge is 0.306 e. The molecule has 1 amide bonds. The van der Waals surface area contributed by atoms with E-state index in [9.17, 15) is 23.3 Å². The molecular formula is C16H16N6O5S2. The van der Waals surface area contributed by atoms with Gasteiger partial charge in [0.1, 0.15) is 12.4 Å². The van der Waals surface area contributed by atoms with Crippen molar-refractivity contribution >= 4 is 43.8 Å². The van der Waals surface area contributed by atoms with Crippen molar-refractivity contribution in [3.8, 4) is 0 Å². The van der Waals surface area contributed by atoms with Crippen LogP contribution in [-0.4, -0.2) is 34.0 Å². The molecule has 11 nitrogen and oxygen atoms in total. The molecule has 0 fully saturated rings. The second kappa shape index (κ2) is 8.36. The van der Waals surface area contributed by atoms with Crippen molar-refractivity contribution in [1.82, 2.24) is 14.8 Å². The molecule has 2 heterocycles. The lowest BCUT2D eigenvalue weighted by atomic mass is 10.1. The van der Waals surface area contributed by atoms with Gasteiger partial charge >= 0.3 is 5.69 Å². The van der Waals surface area contributed by atoms with Crippen LogP contribution in [0.2, 0.25) is 0 Å². The van der Waals surface area contributed by atoms with Gasteiger partial charge in [-0.05, 0) is 24.3 Å². The number of hydrogen-bond donors (Lipinski definition) is 2. The summed E-state index contributed by atoms with van der Waals surface area (Å²) in [7, 11) is -3.77. The lowest BCUT2D eigenvalue weighted by Crippen LogP contribution is -2.24. The monoisotopic (exact) mass is 436 g/mol. The normalized spacial score (nSPS) is 12.3. The molecule has 13 heteroatoms. The molecule has 2 N–H and O–H groups in total. The molecule has 0 saturated carbocycles. The molecule has 0 saturated heterocycles. The average molecular weight is 436 g/mol. The van der Waals surface area contributed by atoms with Crippen LogP contribution in [0.4, 0.5) is 16.5 Å². The zero-order valence-corrected chi connectivity index (χ0v) is 16.7. The zero-order chi connectivity index (χ0) is 21.0. The number of rotatable bonds is 8. The van der Waals surface area contributed by atoms with Gasteiger partial charge in [-0.2, -0.15) is 5.10 Å². The molecule has 0 spiro atoms. The molecule has 3 aromatic rings. The number of carbonyl (C=O) groups is 1. The molecule has 3 rings (SSSR count). The highest BCUT2D eigenvalue weighted by Crippen LogP contribution is 2.20. The second-order valence-corrected chi connectivity index (χ2v) is 8.61. The molecule has 1 aromatic carbocycles. The van der Waals surface area contributed by atoms with Gasteiger partial charge in [0.25, 0.3) is 10.0 Å². The Labute approximate surface area is 169 Å². The standard InChI is InChI=1S/C16H16N6O5S2/c1-11(9-21-10-13(8-18-21)22(24)25)15(23)19-12-2-4-14(5-3-12)29(26,27)20-16-17-6-7-28-16/h2-8,10-11H,9H2,1H3,(H,17,20)(H,19,23). The summed E-state index contributed by atoms with van der Waals surface area (Å²) in [6.45, 7) is 1.81. The molecule has 0 radical (unpaired) electrons. The van der Waals surface area contributed by atoms with Gasteiger partial charge in [-0.15, -0.1) is 11.3 Å². The molecule has 152 valence electrons. The zero-order valence-electron chi connectivity index (χ0n) is 15.0. The van der Waals surface area contributed by atoms with Gasteiger partial charge in [-0.3, -0.25) is 24.3 Å². The summed E-state index contributed by atoms with van der Waals surface area (Å²) in [5.41, 5.74) is 0.266. The number of amides is 1. The van der Waals surface area contributed by atoms with Crippen LogP contribution < -0.4 is 10.0 Å². The Hall–Kier alpha value is -3.32. The fourth-order valence-corrected chi connectivity index (χ4v) is 4.13. The molecule has 2 aromatic heterocycles. The minimum Gasteiger partial charge on any atom is -0.326 e. The van der Waals surface area contributed by atoms with Crippen LogP contribution in [0, 0.1) is 16.0 Å². The summed E-state index contributed by atoms with van der Waals surface area (Å²) in [4.78, 5) is 26.4. The molecular weight excluding hydrogens is 420 g/mol. The van der Waals surface area contributed by atoms with Crippen LogP contribution in [-0.2, 0) is 21.4 Å². The van der Waals surface area contributed by atoms with E-state index in [1.165, 1.54) is 41.3 Å². The van der Waals surface area contributed by atoms with Crippen LogP contribution in [0.3, 0.4) is 0 Å². The first-order valence-electron chi connectivity index (χ1n) is 8.25. The summed E-state index contributed by atoms with van der Waals surface area (Å²) < 4.78 is 28.3. The molecule has 29 heavy (non-hydrogen) atoms. The van der Waals surface area contributed by atoms with Crippen LogP contribution in [0.1, 0.15) is 6.92 Å². The van der Waals surface area contributed by atoms with Crippen molar-refractivity contribution in [2.75, 3.05) is 10.0 Å². The lowest BCUT2D eigenvalue weighted by molar-refractivity contribution is -0.385. The van der Waals surface area contributed by atoms with Crippen LogP contribution in [0.5, 0.6) is 0 Å². The number of anilines is 2. The highest BCUT2D eigenvalue weighted by Gasteiger charge is 2.18. The second-order valence-electron chi connectivity index (χ2n) is 6.04. The number of carbonyl (C=O) groups excluding carboxylic acids is 1. The third-order valence-electron chi connectivity index (χ3n) is 3.83. The molecule has 0 aliphatic heterocycles. The van der Waals surface area contributed by atoms with E-state index in [4.69, 9.17) is 0 Å². The van der Waals surface area contributed by atoms with Gasteiger partial charge in [0.15, 0.2) is 5.13 Å². The SMILES string of the molecule is CC(Cn1cc([N+](=O)[O-])cn1)C(=O)Nc1ccc(S(=O)(=O)Nc2nccs2)cc1.